The van der Waals surface area contributed by atoms with Crippen LogP contribution in [-0.4, -0.2) is 37.2 Å². The molecule has 0 N–H and O–H groups in total. The smallest absolute Gasteiger partial charge is 0.306 e. The molecule has 0 fully saturated rings. The number of unbranched alkanes of at least 4 members (excludes halogenated alkanes) is 14. The van der Waals surface area contributed by atoms with Crippen molar-refractivity contribution in [3.63, 3.8) is 0 Å². The van der Waals surface area contributed by atoms with Gasteiger partial charge in [0.1, 0.15) is 13.2 Å². The van der Waals surface area contributed by atoms with Crippen LogP contribution in [0.4, 0.5) is 0 Å². The van der Waals surface area contributed by atoms with Crippen molar-refractivity contribution in [1.29, 1.82) is 0 Å². The molecule has 0 rings (SSSR count). The Labute approximate surface area is 367 Å². The molecule has 0 aliphatic carbocycles. The van der Waals surface area contributed by atoms with Gasteiger partial charge >= 0.3 is 17.9 Å². The normalized spacial score (nSPS) is 13.2. The molecule has 1 atom stereocenters. The molecule has 6 heteroatoms. The van der Waals surface area contributed by atoms with E-state index >= 15 is 0 Å². The molecular weight excluding hydrogens is 745 g/mol. The van der Waals surface area contributed by atoms with E-state index in [2.05, 4.69) is 93.7 Å². The second kappa shape index (κ2) is 47.5. The number of carbonyl (C=O) groups excluding carboxylic acids is 3. The van der Waals surface area contributed by atoms with E-state index in [0.29, 0.717) is 19.3 Å². The molecule has 0 saturated carbocycles. The van der Waals surface area contributed by atoms with Gasteiger partial charge in [-0.25, -0.2) is 0 Å². The zero-order chi connectivity index (χ0) is 43.7. The summed E-state index contributed by atoms with van der Waals surface area (Å²) in [7, 11) is 0. The van der Waals surface area contributed by atoms with E-state index in [1.807, 2.05) is 48.6 Å². The maximum atomic E-state index is 12.7. The van der Waals surface area contributed by atoms with Crippen molar-refractivity contribution in [2.45, 2.75) is 187 Å². The summed E-state index contributed by atoms with van der Waals surface area (Å²) >= 11 is 0. The molecule has 0 aliphatic rings. The Bertz CT molecular complexity index is 1320. The van der Waals surface area contributed by atoms with Gasteiger partial charge in [-0.15, -0.1) is 0 Å². The van der Waals surface area contributed by atoms with Gasteiger partial charge in [-0.2, -0.15) is 0 Å². The van der Waals surface area contributed by atoms with Crippen LogP contribution in [0.3, 0.4) is 0 Å². The van der Waals surface area contributed by atoms with E-state index in [1.165, 1.54) is 25.7 Å². The van der Waals surface area contributed by atoms with Crippen LogP contribution in [0.25, 0.3) is 0 Å². The van der Waals surface area contributed by atoms with Gasteiger partial charge in [0.2, 0.25) is 0 Å². The first-order valence-corrected chi connectivity index (χ1v) is 23.6. The van der Waals surface area contributed by atoms with E-state index in [4.69, 9.17) is 14.2 Å². The van der Waals surface area contributed by atoms with E-state index < -0.39 is 6.10 Å². The van der Waals surface area contributed by atoms with Gasteiger partial charge in [-0.1, -0.05) is 194 Å². The van der Waals surface area contributed by atoms with E-state index in [0.717, 1.165) is 109 Å². The quantitative estimate of drug-likeness (QED) is 0.0201. The Hall–Kier alpha value is -4.19. The highest BCUT2D eigenvalue weighted by Gasteiger charge is 2.19. The van der Waals surface area contributed by atoms with Gasteiger partial charge in [0.05, 0.1) is 0 Å². The summed E-state index contributed by atoms with van der Waals surface area (Å²) in [6.07, 6.45) is 64.6. The summed E-state index contributed by atoms with van der Waals surface area (Å²) < 4.78 is 16.7. The molecule has 0 saturated heterocycles. The fourth-order valence-corrected chi connectivity index (χ4v) is 5.80. The highest BCUT2D eigenvalue weighted by molar-refractivity contribution is 5.71. The molecule has 336 valence electrons. The number of rotatable bonds is 40. The van der Waals surface area contributed by atoms with Crippen LogP contribution < -0.4 is 0 Å². The highest BCUT2D eigenvalue weighted by atomic mass is 16.6. The van der Waals surface area contributed by atoms with Crippen molar-refractivity contribution in [3.05, 3.63) is 122 Å². The molecule has 1 unspecified atom stereocenters. The molecule has 0 aromatic heterocycles. The molecule has 0 spiro atoms. The summed E-state index contributed by atoms with van der Waals surface area (Å²) in [4.78, 5) is 37.8. The SMILES string of the molecule is CC\C=C/C=C\C=C/C=C\C=C/CCCCCC(=O)OC(COC(=O)CCCCC/C=C\C=C/CCCC)COC(=O)CCCCCCCC/C=C\C/C=C\C/C=C\CC. The molecule has 0 heterocycles. The maximum Gasteiger partial charge on any atom is 0.306 e. The Morgan fingerprint density at radius 2 is 0.733 bits per heavy atom. The topological polar surface area (TPSA) is 78.9 Å². The Balaban J connectivity index is 4.54. The maximum absolute atomic E-state index is 12.7. The number of allylic oxidation sites excluding steroid dienone is 20. The minimum atomic E-state index is -0.819. The van der Waals surface area contributed by atoms with Crippen molar-refractivity contribution >= 4 is 17.9 Å². The van der Waals surface area contributed by atoms with Crippen molar-refractivity contribution in [2.75, 3.05) is 13.2 Å². The summed E-state index contributed by atoms with van der Waals surface area (Å²) in [6, 6.07) is 0. The predicted molar refractivity (Wildman–Crippen MR) is 256 cm³/mol. The molecule has 0 amide bonds. The van der Waals surface area contributed by atoms with Gasteiger partial charge in [0.15, 0.2) is 6.10 Å². The third-order valence-corrected chi connectivity index (χ3v) is 9.34. The van der Waals surface area contributed by atoms with Crippen molar-refractivity contribution in [1.82, 2.24) is 0 Å². The molecule has 0 aromatic rings. The van der Waals surface area contributed by atoms with Crippen LogP contribution in [0, 0.1) is 0 Å². The lowest BCUT2D eigenvalue weighted by molar-refractivity contribution is -0.167. The molecule has 6 nitrogen and oxygen atoms in total. The van der Waals surface area contributed by atoms with Crippen LogP contribution in [0.5, 0.6) is 0 Å². The fourth-order valence-electron chi connectivity index (χ4n) is 5.80. The first kappa shape index (κ1) is 55.8. The standard InChI is InChI=1S/C54H84O6/c1-4-7-10-13-16-19-22-24-26-28-29-32-35-38-41-44-47-53(56)59-50-51(49-58-52(55)46-43-40-37-34-31-21-18-15-12-9-6-3)60-54(57)48-45-42-39-36-33-30-27-25-23-20-17-14-11-8-5-2/h7-8,10-11,14-21,23-27,30-31,33,51H,4-6,9,12-13,22,28-29,32,34-50H2,1-3H3/b10-7-,11-8-,17-14-,18-15-,19-16-,23-20-,26-24-,27-25-,31-21-,33-30-. The van der Waals surface area contributed by atoms with Crippen LogP contribution in [-0.2, 0) is 28.6 Å². The van der Waals surface area contributed by atoms with E-state index in [-0.39, 0.29) is 37.5 Å². The Kier molecular flexibility index (Phi) is 44.2. The van der Waals surface area contributed by atoms with Crippen molar-refractivity contribution in [2.24, 2.45) is 0 Å². The summed E-state index contributed by atoms with van der Waals surface area (Å²) in [6.45, 7) is 6.22. The lowest BCUT2D eigenvalue weighted by Gasteiger charge is -2.18. The van der Waals surface area contributed by atoms with Crippen LogP contribution in [0.2, 0.25) is 0 Å². The highest BCUT2D eigenvalue weighted by Crippen LogP contribution is 2.12. The monoisotopic (exact) mass is 829 g/mol. The molecule has 0 bridgehead atoms. The number of esters is 3. The van der Waals surface area contributed by atoms with E-state index in [9.17, 15) is 14.4 Å². The first-order valence-electron chi connectivity index (χ1n) is 23.6. The van der Waals surface area contributed by atoms with E-state index in [1.54, 1.807) is 0 Å². The molecular formula is C54H84O6. The minimum Gasteiger partial charge on any atom is -0.462 e. The Morgan fingerprint density at radius 3 is 1.25 bits per heavy atom. The van der Waals surface area contributed by atoms with Gasteiger partial charge in [0, 0.05) is 19.3 Å². The molecule has 0 radical (unpaired) electrons. The average Bonchev–Trinajstić information content (AvgIpc) is 3.24. The van der Waals surface area contributed by atoms with Crippen LogP contribution in [0.1, 0.15) is 181 Å². The van der Waals surface area contributed by atoms with Crippen LogP contribution in [0.15, 0.2) is 122 Å². The zero-order valence-electron chi connectivity index (χ0n) is 38.2. The second-order valence-electron chi connectivity index (χ2n) is 15.0. The number of ether oxygens (including phenoxy) is 3. The van der Waals surface area contributed by atoms with Gasteiger partial charge in [0.25, 0.3) is 0 Å². The lowest BCUT2D eigenvalue weighted by Crippen LogP contribution is -2.30. The minimum absolute atomic E-state index is 0.115. The predicted octanol–water partition coefficient (Wildman–Crippen LogP) is 15.4. The van der Waals surface area contributed by atoms with Crippen molar-refractivity contribution < 1.29 is 28.6 Å². The van der Waals surface area contributed by atoms with Crippen LogP contribution >= 0.6 is 0 Å². The van der Waals surface area contributed by atoms with Gasteiger partial charge < -0.3 is 14.2 Å². The van der Waals surface area contributed by atoms with Crippen molar-refractivity contribution in [3.8, 4) is 0 Å². The zero-order valence-corrected chi connectivity index (χ0v) is 38.2. The second-order valence-corrected chi connectivity index (χ2v) is 15.0. The molecule has 0 aromatic carbocycles. The number of hydrogen-bond donors (Lipinski definition) is 0. The first-order chi connectivity index (χ1) is 29.5. The van der Waals surface area contributed by atoms with Gasteiger partial charge in [-0.3, -0.25) is 14.4 Å². The average molecular weight is 829 g/mol. The number of hydrogen-bond acceptors (Lipinski definition) is 6. The third kappa shape index (κ3) is 44.9. The summed E-state index contributed by atoms with van der Waals surface area (Å²) in [5.41, 5.74) is 0. The third-order valence-electron chi connectivity index (χ3n) is 9.34. The lowest BCUT2D eigenvalue weighted by atomic mass is 10.1. The summed E-state index contributed by atoms with van der Waals surface area (Å²) in [5.74, 6) is -1.01. The number of carbonyl (C=O) groups is 3. The molecule has 60 heavy (non-hydrogen) atoms. The molecule has 0 aliphatic heterocycles. The fraction of sp³-hybridized carbons (Fsp3) is 0.574. The largest absolute Gasteiger partial charge is 0.462 e. The van der Waals surface area contributed by atoms with Gasteiger partial charge in [-0.05, 0) is 89.9 Å². The Morgan fingerprint density at radius 1 is 0.367 bits per heavy atom. The summed E-state index contributed by atoms with van der Waals surface area (Å²) in [5, 5.41) is 0.